The second-order valence-electron chi connectivity index (χ2n) is 6.88. The van der Waals surface area contributed by atoms with Gasteiger partial charge in [-0.25, -0.2) is 4.68 Å². The van der Waals surface area contributed by atoms with Gasteiger partial charge in [0.25, 0.3) is 11.8 Å². The first kappa shape index (κ1) is 21.5. The Hall–Kier alpha value is -3.17. The van der Waals surface area contributed by atoms with Crippen LogP contribution in [0.4, 0.5) is 5.69 Å². The number of anilines is 1. The Morgan fingerprint density at radius 3 is 2.60 bits per heavy atom. The summed E-state index contributed by atoms with van der Waals surface area (Å²) in [7, 11) is 0. The van der Waals surface area contributed by atoms with Crippen molar-refractivity contribution >= 4 is 29.9 Å². The Morgan fingerprint density at radius 1 is 1.13 bits per heavy atom. The van der Waals surface area contributed by atoms with E-state index in [-0.39, 0.29) is 36.0 Å². The molecule has 3 heterocycles. The van der Waals surface area contributed by atoms with Crippen LogP contribution in [0.1, 0.15) is 45.5 Å². The van der Waals surface area contributed by atoms with Gasteiger partial charge in [0.05, 0.1) is 18.5 Å². The van der Waals surface area contributed by atoms with Gasteiger partial charge in [0.1, 0.15) is 0 Å². The first-order valence-corrected chi connectivity index (χ1v) is 9.53. The van der Waals surface area contributed by atoms with Gasteiger partial charge in [0.2, 0.25) is 0 Å². The van der Waals surface area contributed by atoms with Crippen molar-refractivity contribution in [3.05, 3.63) is 65.9 Å². The SMILES string of the molecule is Cl.O=C(NCc1ccc(NC(=O)c2ccco2)cc1)c1cn(C2CCNCC2)nn1. The van der Waals surface area contributed by atoms with Gasteiger partial charge < -0.3 is 20.4 Å². The molecule has 158 valence electrons. The molecule has 0 unspecified atom stereocenters. The van der Waals surface area contributed by atoms with E-state index < -0.39 is 0 Å². The Balaban J connectivity index is 0.00000256. The van der Waals surface area contributed by atoms with Crippen LogP contribution < -0.4 is 16.0 Å². The largest absolute Gasteiger partial charge is 0.459 e. The van der Waals surface area contributed by atoms with Crippen LogP contribution >= 0.6 is 12.4 Å². The lowest BCUT2D eigenvalue weighted by molar-refractivity contribution is 0.0944. The summed E-state index contributed by atoms with van der Waals surface area (Å²) < 4.78 is 6.85. The van der Waals surface area contributed by atoms with Gasteiger partial charge in [-0.2, -0.15) is 0 Å². The van der Waals surface area contributed by atoms with E-state index in [0.29, 0.717) is 17.9 Å². The van der Waals surface area contributed by atoms with Crippen molar-refractivity contribution in [2.24, 2.45) is 0 Å². The highest BCUT2D eigenvalue weighted by Crippen LogP contribution is 2.17. The highest BCUT2D eigenvalue weighted by Gasteiger charge is 2.18. The highest BCUT2D eigenvalue weighted by molar-refractivity contribution is 6.02. The molecule has 0 aliphatic carbocycles. The van der Waals surface area contributed by atoms with Crippen LogP contribution in [-0.4, -0.2) is 39.9 Å². The lowest BCUT2D eigenvalue weighted by Crippen LogP contribution is -2.29. The molecule has 3 N–H and O–H groups in total. The molecule has 2 amide bonds. The molecule has 1 aromatic carbocycles. The molecular formula is C20H23ClN6O3. The summed E-state index contributed by atoms with van der Waals surface area (Å²) in [5, 5.41) is 17.0. The number of piperidine rings is 1. The average molecular weight is 431 g/mol. The maximum Gasteiger partial charge on any atom is 0.291 e. The van der Waals surface area contributed by atoms with Gasteiger partial charge in [-0.1, -0.05) is 17.3 Å². The molecule has 3 aromatic rings. The lowest BCUT2D eigenvalue weighted by Gasteiger charge is -2.22. The Kier molecular flexibility index (Phi) is 7.21. The van der Waals surface area contributed by atoms with Crippen LogP contribution in [0.15, 0.2) is 53.3 Å². The minimum atomic E-state index is -0.312. The number of benzene rings is 1. The van der Waals surface area contributed by atoms with Crippen LogP contribution in [0.5, 0.6) is 0 Å². The first-order chi connectivity index (χ1) is 14.2. The molecule has 1 aliphatic heterocycles. The number of amides is 2. The molecule has 1 fully saturated rings. The van der Waals surface area contributed by atoms with E-state index in [1.54, 1.807) is 35.1 Å². The van der Waals surface area contributed by atoms with Gasteiger partial charge >= 0.3 is 0 Å². The van der Waals surface area contributed by atoms with Crippen LogP contribution in [0, 0.1) is 0 Å². The van der Waals surface area contributed by atoms with E-state index >= 15 is 0 Å². The third kappa shape index (κ3) is 5.25. The number of rotatable bonds is 6. The van der Waals surface area contributed by atoms with E-state index in [4.69, 9.17) is 4.42 Å². The zero-order valence-corrected chi connectivity index (χ0v) is 17.0. The number of nitrogens with zero attached hydrogens (tertiary/aromatic N) is 3. The highest BCUT2D eigenvalue weighted by atomic mass is 35.5. The molecule has 1 saturated heterocycles. The Labute approximate surface area is 179 Å². The molecule has 4 rings (SSSR count). The van der Waals surface area contributed by atoms with E-state index in [0.717, 1.165) is 31.5 Å². The van der Waals surface area contributed by atoms with Gasteiger partial charge in [-0.15, -0.1) is 17.5 Å². The fourth-order valence-corrected chi connectivity index (χ4v) is 3.21. The van der Waals surface area contributed by atoms with E-state index in [1.165, 1.54) is 6.26 Å². The summed E-state index contributed by atoms with van der Waals surface area (Å²) in [5.74, 6) is -0.327. The van der Waals surface area contributed by atoms with E-state index in [1.807, 2.05) is 12.1 Å². The molecule has 0 atom stereocenters. The van der Waals surface area contributed by atoms with Gasteiger partial charge in [0, 0.05) is 12.2 Å². The number of aromatic nitrogens is 3. The normalized spacial score (nSPS) is 14.0. The third-order valence-electron chi connectivity index (χ3n) is 4.84. The third-order valence-corrected chi connectivity index (χ3v) is 4.84. The second-order valence-corrected chi connectivity index (χ2v) is 6.88. The van der Waals surface area contributed by atoms with Crippen LogP contribution in [0.3, 0.4) is 0 Å². The van der Waals surface area contributed by atoms with Crippen molar-refractivity contribution in [1.29, 1.82) is 0 Å². The summed E-state index contributed by atoms with van der Waals surface area (Å²) in [4.78, 5) is 24.3. The van der Waals surface area contributed by atoms with Crippen molar-refractivity contribution < 1.29 is 14.0 Å². The van der Waals surface area contributed by atoms with Crippen molar-refractivity contribution in [2.75, 3.05) is 18.4 Å². The second kappa shape index (κ2) is 10.0. The number of halogens is 1. The predicted molar refractivity (Wildman–Crippen MR) is 113 cm³/mol. The van der Waals surface area contributed by atoms with E-state index in [2.05, 4.69) is 26.3 Å². The molecule has 9 nitrogen and oxygen atoms in total. The molecule has 0 bridgehead atoms. The quantitative estimate of drug-likeness (QED) is 0.553. The molecular weight excluding hydrogens is 408 g/mol. The molecule has 0 saturated carbocycles. The molecule has 0 radical (unpaired) electrons. The number of carbonyl (C=O) groups excluding carboxylic acids is 2. The molecule has 30 heavy (non-hydrogen) atoms. The van der Waals surface area contributed by atoms with E-state index in [9.17, 15) is 9.59 Å². The van der Waals surface area contributed by atoms with Crippen molar-refractivity contribution in [1.82, 2.24) is 25.6 Å². The van der Waals surface area contributed by atoms with Gasteiger partial charge in [-0.05, 0) is 55.8 Å². The minimum Gasteiger partial charge on any atom is -0.459 e. The topological polar surface area (TPSA) is 114 Å². The first-order valence-electron chi connectivity index (χ1n) is 9.53. The smallest absolute Gasteiger partial charge is 0.291 e. The minimum absolute atomic E-state index is 0. The zero-order chi connectivity index (χ0) is 20.1. The molecule has 2 aromatic heterocycles. The summed E-state index contributed by atoms with van der Waals surface area (Å²) in [6, 6.07) is 10.8. The lowest BCUT2D eigenvalue weighted by atomic mass is 10.1. The van der Waals surface area contributed by atoms with Crippen molar-refractivity contribution in [3.8, 4) is 0 Å². The number of hydrogen-bond donors (Lipinski definition) is 3. The summed E-state index contributed by atoms with van der Waals surface area (Å²) in [6.07, 6.45) is 5.12. The fourth-order valence-electron chi connectivity index (χ4n) is 3.21. The zero-order valence-electron chi connectivity index (χ0n) is 16.2. The molecule has 10 heteroatoms. The van der Waals surface area contributed by atoms with Crippen molar-refractivity contribution in [2.45, 2.75) is 25.4 Å². The number of furan rings is 1. The maximum atomic E-state index is 12.4. The number of hydrogen-bond acceptors (Lipinski definition) is 6. The molecule has 0 spiro atoms. The average Bonchev–Trinajstić information content (AvgIpc) is 3.46. The summed E-state index contributed by atoms with van der Waals surface area (Å²) >= 11 is 0. The van der Waals surface area contributed by atoms with Crippen LogP contribution in [0.2, 0.25) is 0 Å². The van der Waals surface area contributed by atoms with Gasteiger partial charge in [0.15, 0.2) is 11.5 Å². The number of nitrogens with one attached hydrogen (secondary N) is 3. The standard InChI is InChI=1S/C20H22N6O3.ClH/c27-19(17-13-26(25-24-17)16-7-9-21-10-8-16)22-12-14-3-5-15(6-4-14)23-20(28)18-2-1-11-29-18;/h1-6,11,13,16,21H,7-10,12H2,(H,22,27)(H,23,28);1H. The predicted octanol–water partition coefficient (Wildman–Crippen LogP) is 2.40. The van der Waals surface area contributed by atoms with Crippen molar-refractivity contribution in [3.63, 3.8) is 0 Å². The Morgan fingerprint density at radius 2 is 1.90 bits per heavy atom. The fraction of sp³-hybridized carbons (Fsp3) is 0.300. The number of carbonyl (C=O) groups is 2. The molecule has 1 aliphatic rings. The summed E-state index contributed by atoms with van der Waals surface area (Å²) in [5.41, 5.74) is 1.86. The van der Waals surface area contributed by atoms with Crippen LogP contribution in [0.25, 0.3) is 0 Å². The summed E-state index contributed by atoms with van der Waals surface area (Å²) in [6.45, 7) is 2.25. The maximum absolute atomic E-state index is 12.4. The van der Waals surface area contributed by atoms with Gasteiger partial charge in [-0.3, -0.25) is 9.59 Å². The Bertz CT molecular complexity index is 965. The monoisotopic (exact) mass is 430 g/mol. The van der Waals surface area contributed by atoms with Crippen LogP contribution in [-0.2, 0) is 6.54 Å².